The molecule has 0 radical (unpaired) electrons. The van der Waals surface area contributed by atoms with E-state index in [2.05, 4.69) is 11.4 Å². The van der Waals surface area contributed by atoms with Crippen molar-refractivity contribution in [2.45, 2.75) is 45.1 Å². The van der Waals surface area contributed by atoms with E-state index in [1.807, 2.05) is 18.2 Å². The van der Waals surface area contributed by atoms with Crippen LogP contribution in [0.2, 0.25) is 0 Å². The van der Waals surface area contributed by atoms with Gasteiger partial charge in [-0.2, -0.15) is 0 Å². The third kappa shape index (κ3) is 6.17. The van der Waals surface area contributed by atoms with Gasteiger partial charge in [-0.25, -0.2) is 0 Å². The van der Waals surface area contributed by atoms with E-state index >= 15 is 0 Å². The number of carbonyl (C=O) groups is 3. The molecular formula is C24H27NO5. The second-order valence-corrected chi connectivity index (χ2v) is 7.40. The van der Waals surface area contributed by atoms with Crippen molar-refractivity contribution in [3.63, 3.8) is 0 Å². The van der Waals surface area contributed by atoms with Gasteiger partial charge in [0.2, 0.25) is 0 Å². The highest BCUT2D eigenvalue weighted by atomic mass is 16.5. The number of hydrogen-bond donors (Lipinski definition) is 1. The van der Waals surface area contributed by atoms with E-state index in [0.29, 0.717) is 24.3 Å². The Morgan fingerprint density at radius 2 is 1.83 bits per heavy atom. The minimum Gasteiger partial charge on any atom is -0.494 e. The third-order valence-corrected chi connectivity index (χ3v) is 5.12. The van der Waals surface area contributed by atoms with E-state index in [-0.39, 0.29) is 30.8 Å². The number of aryl methyl sites for hydroxylation is 1. The zero-order chi connectivity index (χ0) is 21.3. The average molecular weight is 409 g/mol. The molecule has 1 atom stereocenters. The summed E-state index contributed by atoms with van der Waals surface area (Å²) in [4.78, 5) is 35.3. The van der Waals surface area contributed by atoms with Gasteiger partial charge in [0.1, 0.15) is 5.75 Å². The van der Waals surface area contributed by atoms with Crippen molar-refractivity contribution in [2.75, 3.05) is 13.2 Å². The number of benzene rings is 2. The first kappa shape index (κ1) is 21.6. The van der Waals surface area contributed by atoms with Gasteiger partial charge in [-0.1, -0.05) is 24.3 Å². The van der Waals surface area contributed by atoms with Crippen LogP contribution in [0.1, 0.15) is 60.1 Å². The summed E-state index contributed by atoms with van der Waals surface area (Å²) in [6.45, 7) is 1.58. The molecule has 0 aliphatic heterocycles. The minimum absolute atomic E-state index is 0.000952. The molecule has 2 aromatic carbocycles. The molecule has 1 amide bonds. The molecule has 0 fully saturated rings. The van der Waals surface area contributed by atoms with Gasteiger partial charge in [0.25, 0.3) is 5.91 Å². The molecule has 30 heavy (non-hydrogen) atoms. The van der Waals surface area contributed by atoms with E-state index in [1.54, 1.807) is 24.3 Å². The zero-order valence-electron chi connectivity index (χ0n) is 17.2. The molecule has 0 heterocycles. The fraction of sp³-hybridized carbons (Fsp3) is 0.375. The number of hydrogen-bond acceptors (Lipinski definition) is 5. The Morgan fingerprint density at radius 3 is 2.60 bits per heavy atom. The highest BCUT2D eigenvalue weighted by Gasteiger charge is 2.21. The van der Waals surface area contributed by atoms with Crippen LogP contribution in [0.3, 0.4) is 0 Å². The molecule has 0 spiro atoms. The number of rotatable bonds is 9. The lowest BCUT2D eigenvalue weighted by atomic mass is 9.88. The van der Waals surface area contributed by atoms with Crippen molar-refractivity contribution in [2.24, 2.45) is 0 Å². The first-order chi connectivity index (χ1) is 14.5. The molecular weight excluding hydrogens is 382 g/mol. The number of nitrogens with one attached hydrogen (secondary N) is 1. The van der Waals surface area contributed by atoms with E-state index in [4.69, 9.17) is 9.47 Å². The van der Waals surface area contributed by atoms with Gasteiger partial charge < -0.3 is 14.8 Å². The van der Waals surface area contributed by atoms with Gasteiger partial charge in [0.05, 0.1) is 12.6 Å². The third-order valence-electron chi connectivity index (χ3n) is 5.12. The summed E-state index contributed by atoms with van der Waals surface area (Å²) in [7, 11) is 0. The number of ether oxygens (including phenoxy) is 2. The fourth-order valence-electron chi connectivity index (χ4n) is 3.55. The van der Waals surface area contributed by atoms with Crippen LogP contribution in [0.25, 0.3) is 0 Å². The first-order valence-corrected chi connectivity index (χ1v) is 10.3. The molecule has 0 bridgehead atoms. The Bertz CT molecular complexity index is 891. The van der Waals surface area contributed by atoms with Crippen molar-refractivity contribution in [3.05, 3.63) is 65.2 Å². The monoisotopic (exact) mass is 409 g/mol. The van der Waals surface area contributed by atoms with Crippen LogP contribution in [0.5, 0.6) is 5.75 Å². The lowest BCUT2D eigenvalue weighted by Crippen LogP contribution is -2.34. The van der Waals surface area contributed by atoms with Crippen molar-refractivity contribution in [1.82, 2.24) is 5.32 Å². The summed E-state index contributed by atoms with van der Waals surface area (Å²) in [5.41, 5.74) is 3.04. The van der Waals surface area contributed by atoms with Gasteiger partial charge in [-0.05, 0) is 68.0 Å². The highest BCUT2D eigenvalue weighted by Crippen LogP contribution is 2.29. The lowest BCUT2D eigenvalue weighted by molar-refractivity contribution is -0.149. The van der Waals surface area contributed by atoms with Crippen LogP contribution in [0.4, 0.5) is 0 Å². The van der Waals surface area contributed by atoms with E-state index in [9.17, 15) is 14.4 Å². The van der Waals surface area contributed by atoms with E-state index < -0.39 is 5.97 Å². The van der Waals surface area contributed by atoms with Crippen LogP contribution in [0, 0.1) is 0 Å². The standard InChI is InChI=1S/C24H27NO5/c1-17(26)18-11-13-20(14-12-18)29-15-5-10-24(28)30-16-23(27)25-22-9-4-7-19-6-2-3-8-21(19)22/h2-3,6,8,11-14,22H,4-5,7,9-10,15-16H2,1H3,(H,25,27)/t22-/m0/s1. The normalized spacial score (nSPS) is 15.0. The zero-order valence-corrected chi connectivity index (χ0v) is 17.2. The highest BCUT2D eigenvalue weighted by molar-refractivity contribution is 5.94. The smallest absolute Gasteiger partial charge is 0.306 e. The minimum atomic E-state index is -0.426. The Labute approximate surface area is 176 Å². The summed E-state index contributed by atoms with van der Waals surface area (Å²) in [5.74, 6) is -0.0712. The summed E-state index contributed by atoms with van der Waals surface area (Å²) in [5, 5.41) is 2.97. The molecule has 0 unspecified atom stereocenters. The van der Waals surface area contributed by atoms with Gasteiger partial charge in [-0.15, -0.1) is 0 Å². The summed E-state index contributed by atoms with van der Waals surface area (Å²) in [6.07, 6.45) is 3.59. The predicted molar refractivity (Wildman–Crippen MR) is 112 cm³/mol. The summed E-state index contributed by atoms with van der Waals surface area (Å²) < 4.78 is 10.6. The lowest BCUT2D eigenvalue weighted by Gasteiger charge is -2.26. The second kappa shape index (κ2) is 10.6. The molecule has 1 aliphatic rings. The number of fused-ring (bicyclic) bond motifs is 1. The van der Waals surface area contributed by atoms with Crippen molar-refractivity contribution < 1.29 is 23.9 Å². The quantitative estimate of drug-likeness (QED) is 0.387. The fourth-order valence-corrected chi connectivity index (χ4v) is 3.55. The summed E-state index contributed by atoms with van der Waals surface area (Å²) in [6, 6.07) is 14.9. The SMILES string of the molecule is CC(=O)c1ccc(OCCCC(=O)OCC(=O)N[C@H]2CCCc3ccccc32)cc1. The van der Waals surface area contributed by atoms with Crippen molar-refractivity contribution >= 4 is 17.7 Å². The molecule has 2 aromatic rings. The van der Waals surface area contributed by atoms with Crippen LogP contribution >= 0.6 is 0 Å². The van der Waals surface area contributed by atoms with Crippen LogP contribution in [0.15, 0.2) is 48.5 Å². The maximum absolute atomic E-state index is 12.2. The number of esters is 1. The van der Waals surface area contributed by atoms with Crippen molar-refractivity contribution in [1.29, 1.82) is 0 Å². The van der Waals surface area contributed by atoms with E-state index in [0.717, 1.165) is 24.8 Å². The van der Waals surface area contributed by atoms with Gasteiger partial charge in [0, 0.05) is 12.0 Å². The Hall–Kier alpha value is -3.15. The van der Waals surface area contributed by atoms with Crippen LogP contribution < -0.4 is 10.1 Å². The summed E-state index contributed by atoms with van der Waals surface area (Å²) >= 11 is 0. The van der Waals surface area contributed by atoms with Crippen LogP contribution in [-0.2, 0) is 20.7 Å². The molecule has 3 rings (SSSR count). The number of Topliss-reactive ketones (excluding diaryl/α,β-unsaturated/α-hetero) is 1. The molecule has 0 aromatic heterocycles. The molecule has 1 N–H and O–H groups in total. The maximum Gasteiger partial charge on any atom is 0.306 e. The maximum atomic E-state index is 12.2. The molecule has 1 aliphatic carbocycles. The predicted octanol–water partition coefficient (Wildman–Crippen LogP) is 3.79. The average Bonchev–Trinajstić information content (AvgIpc) is 2.76. The van der Waals surface area contributed by atoms with Crippen molar-refractivity contribution in [3.8, 4) is 5.75 Å². The number of ketones is 1. The molecule has 6 nitrogen and oxygen atoms in total. The Morgan fingerprint density at radius 1 is 1.07 bits per heavy atom. The molecule has 0 saturated carbocycles. The van der Waals surface area contributed by atoms with Crippen LogP contribution in [-0.4, -0.2) is 30.9 Å². The number of carbonyl (C=O) groups excluding carboxylic acids is 3. The molecule has 6 heteroatoms. The van der Waals surface area contributed by atoms with Gasteiger partial charge in [-0.3, -0.25) is 14.4 Å². The Balaban J connectivity index is 1.33. The second-order valence-electron chi connectivity index (χ2n) is 7.40. The number of amides is 1. The largest absolute Gasteiger partial charge is 0.494 e. The molecule has 0 saturated heterocycles. The molecule has 158 valence electrons. The van der Waals surface area contributed by atoms with Gasteiger partial charge in [0.15, 0.2) is 12.4 Å². The van der Waals surface area contributed by atoms with E-state index in [1.165, 1.54) is 12.5 Å². The van der Waals surface area contributed by atoms with Gasteiger partial charge >= 0.3 is 5.97 Å². The first-order valence-electron chi connectivity index (χ1n) is 10.3. The topological polar surface area (TPSA) is 81.7 Å². The Kier molecular flexibility index (Phi) is 7.60.